The Balaban J connectivity index is 1.39. The van der Waals surface area contributed by atoms with Crippen LogP contribution in [-0.4, -0.2) is 168 Å². The molecule has 2 heterocycles. The predicted molar refractivity (Wildman–Crippen MR) is 130 cm³/mol. The summed E-state index contributed by atoms with van der Waals surface area (Å²) in [5.74, 6) is 0. The van der Waals surface area contributed by atoms with E-state index in [1.807, 2.05) is 0 Å². The first-order valence-electron chi connectivity index (χ1n) is 13.1. The zero-order chi connectivity index (χ0) is 24.5. The average molecular weight is 509 g/mol. The van der Waals surface area contributed by atoms with E-state index in [0.717, 1.165) is 39.3 Å². The van der Waals surface area contributed by atoms with Crippen LogP contribution in [0.3, 0.4) is 0 Å². The molecule has 0 aromatic carbocycles. The molecule has 2 fully saturated rings. The highest BCUT2D eigenvalue weighted by Gasteiger charge is 2.08. The van der Waals surface area contributed by atoms with Crippen molar-refractivity contribution in [1.82, 2.24) is 9.80 Å². The molecule has 0 N–H and O–H groups in total. The minimum atomic E-state index is 0.570. The van der Waals surface area contributed by atoms with Crippen LogP contribution < -0.4 is 0 Å². The van der Waals surface area contributed by atoms with Gasteiger partial charge in [-0.2, -0.15) is 0 Å². The molecule has 2 aliphatic rings. The first-order chi connectivity index (χ1) is 17.4. The van der Waals surface area contributed by atoms with E-state index in [4.69, 9.17) is 42.6 Å². The molecule has 0 aliphatic carbocycles. The number of rotatable bonds is 12. The molecular weight excluding hydrogens is 460 g/mol. The molecule has 35 heavy (non-hydrogen) atoms. The highest BCUT2D eigenvalue weighted by Crippen LogP contribution is 1.95. The number of hydrogen-bond donors (Lipinski definition) is 0. The van der Waals surface area contributed by atoms with Gasteiger partial charge in [0.1, 0.15) is 0 Å². The molecule has 2 saturated heterocycles. The van der Waals surface area contributed by atoms with Crippen molar-refractivity contribution in [2.45, 2.75) is 0 Å². The van der Waals surface area contributed by atoms with Gasteiger partial charge in [0.05, 0.1) is 119 Å². The fourth-order valence-corrected chi connectivity index (χ4v) is 3.46. The Hall–Kier alpha value is -0.440. The van der Waals surface area contributed by atoms with E-state index < -0.39 is 0 Å². The van der Waals surface area contributed by atoms with Gasteiger partial charge in [-0.15, -0.1) is 0 Å². The molecule has 208 valence electrons. The van der Waals surface area contributed by atoms with Crippen LogP contribution in [0, 0.1) is 0 Å². The van der Waals surface area contributed by atoms with E-state index in [2.05, 4.69) is 9.80 Å². The van der Waals surface area contributed by atoms with Gasteiger partial charge in [0.25, 0.3) is 0 Å². The highest BCUT2D eigenvalue weighted by molar-refractivity contribution is 4.59. The Labute approximate surface area is 211 Å². The van der Waals surface area contributed by atoms with Crippen molar-refractivity contribution in [3.63, 3.8) is 0 Å². The molecule has 0 bridgehead atoms. The van der Waals surface area contributed by atoms with Crippen molar-refractivity contribution in [1.29, 1.82) is 0 Å². The summed E-state index contributed by atoms with van der Waals surface area (Å²) in [5, 5.41) is 0. The molecule has 0 spiro atoms. The topological polar surface area (TPSA) is 89.6 Å². The van der Waals surface area contributed by atoms with Crippen LogP contribution in [0.1, 0.15) is 0 Å². The Bertz CT molecular complexity index is 389. The van der Waals surface area contributed by atoms with Crippen LogP contribution in [0.2, 0.25) is 0 Å². The maximum absolute atomic E-state index is 5.73. The smallest absolute Gasteiger partial charge is 0.0701 e. The van der Waals surface area contributed by atoms with Crippen LogP contribution in [0.4, 0.5) is 0 Å². The summed E-state index contributed by atoms with van der Waals surface area (Å²) in [7, 11) is 0. The zero-order valence-corrected chi connectivity index (χ0v) is 21.5. The summed E-state index contributed by atoms with van der Waals surface area (Å²) >= 11 is 0. The molecule has 0 radical (unpaired) electrons. The van der Waals surface area contributed by atoms with Crippen LogP contribution in [-0.2, 0) is 42.6 Å². The lowest BCUT2D eigenvalue weighted by Gasteiger charge is -2.23. The van der Waals surface area contributed by atoms with E-state index >= 15 is 0 Å². The third kappa shape index (κ3) is 19.4. The molecule has 2 aliphatic heterocycles. The minimum absolute atomic E-state index is 0.570. The highest BCUT2D eigenvalue weighted by atomic mass is 16.6. The first kappa shape index (κ1) is 30.8. The van der Waals surface area contributed by atoms with E-state index in [9.17, 15) is 0 Å². The fourth-order valence-electron chi connectivity index (χ4n) is 3.46. The van der Waals surface area contributed by atoms with Crippen LogP contribution in [0.15, 0.2) is 0 Å². The Kier molecular flexibility index (Phi) is 21.0. The van der Waals surface area contributed by atoms with Gasteiger partial charge in [0, 0.05) is 39.3 Å². The minimum Gasteiger partial charge on any atom is -0.378 e. The van der Waals surface area contributed by atoms with Gasteiger partial charge in [-0.05, 0) is 0 Å². The Morgan fingerprint density at radius 2 is 0.600 bits per heavy atom. The molecule has 0 unspecified atom stereocenters. The summed E-state index contributed by atoms with van der Waals surface area (Å²) < 4.78 is 50.3. The lowest BCUT2D eigenvalue weighted by Crippen LogP contribution is -2.35. The normalized spacial score (nSPS) is 21.9. The lowest BCUT2D eigenvalue weighted by molar-refractivity contribution is -0.0174. The van der Waals surface area contributed by atoms with E-state index in [-0.39, 0.29) is 0 Å². The van der Waals surface area contributed by atoms with Gasteiger partial charge < -0.3 is 42.6 Å². The van der Waals surface area contributed by atoms with Crippen molar-refractivity contribution in [2.24, 2.45) is 0 Å². The maximum Gasteiger partial charge on any atom is 0.0701 e. The van der Waals surface area contributed by atoms with E-state index in [1.165, 1.54) is 0 Å². The van der Waals surface area contributed by atoms with Gasteiger partial charge in [-0.1, -0.05) is 0 Å². The standard InChI is InChI=1S/C24H48N2O9/c1-7-27-13-19-33-20-14-28-8-2-25(1)5-11-31-17-23-35-24-18-32-12-6-26-3-9-29-15-21-34-22-16-30-10-4-26/h1-24H2. The molecule has 0 aromatic heterocycles. The van der Waals surface area contributed by atoms with Gasteiger partial charge in [0.2, 0.25) is 0 Å². The average Bonchev–Trinajstić information content (AvgIpc) is 2.85. The van der Waals surface area contributed by atoms with Crippen molar-refractivity contribution in [3.05, 3.63) is 0 Å². The summed E-state index contributed by atoms with van der Waals surface area (Å²) in [6, 6.07) is 0. The fraction of sp³-hybridized carbons (Fsp3) is 1.00. The monoisotopic (exact) mass is 508 g/mol. The molecule has 11 nitrogen and oxygen atoms in total. The van der Waals surface area contributed by atoms with Gasteiger partial charge in [-0.3, -0.25) is 9.80 Å². The maximum atomic E-state index is 5.73. The number of hydrogen-bond acceptors (Lipinski definition) is 11. The van der Waals surface area contributed by atoms with E-state index in [0.29, 0.717) is 119 Å². The van der Waals surface area contributed by atoms with Crippen LogP contribution in [0.25, 0.3) is 0 Å². The van der Waals surface area contributed by atoms with E-state index in [1.54, 1.807) is 0 Å². The van der Waals surface area contributed by atoms with Gasteiger partial charge in [-0.25, -0.2) is 0 Å². The summed E-state index contributed by atoms with van der Waals surface area (Å²) in [4.78, 5) is 4.62. The molecule has 0 saturated carbocycles. The zero-order valence-electron chi connectivity index (χ0n) is 21.5. The molecule has 0 amide bonds. The number of nitrogens with zero attached hydrogens (tertiary/aromatic N) is 2. The molecular formula is C24H48N2O9. The van der Waals surface area contributed by atoms with Crippen molar-refractivity contribution in [3.8, 4) is 0 Å². The van der Waals surface area contributed by atoms with Crippen LogP contribution >= 0.6 is 0 Å². The first-order valence-corrected chi connectivity index (χ1v) is 13.1. The quantitative estimate of drug-likeness (QED) is 0.328. The third-order valence-electron chi connectivity index (χ3n) is 5.54. The molecule has 11 heteroatoms. The van der Waals surface area contributed by atoms with Crippen LogP contribution in [0.5, 0.6) is 0 Å². The summed E-state index contributed by atoms with van der Waals surface area (Å²) in [6.07, 6.45) is 0. The molecule has 0 atom stereocenters. The summed E-state index contributed by atoms with van der Waals surface area (Å²) in [5.41, 5.74) is 0. The van der Waals surface area contributed by atoms with Crippen molar-refractivity contribution < 1.29 is 42.6 Å². The Morgan fingerprint density at radius 1 is 0.343 bits per heavy atom. The largest absolute Gasteiger partial charge is 0.378 e. The van der Waals surface area contributed by atoms with Crippen molar-refractivity contribution in [2.75, 3.05) is 158 Å². The molecule has 0 aromatic rings. The predicted octanol–water partition coefficient (Wildman–Crippen LogP) is -0.233. The Morgan fingerprint density at radius 3 is 0.914 bits per heavy atom. The third-order valence-corrected chi connectivity index (χ3v) is 5.54. The number of ether oxygens (including phenoxy) is 9. The second-order valence-corrected chi connectivity index (χ2v) is 8.19. The van der Waals surface area contributed by atoms with Gasteiger partial charge >= 0.3 is 0 Å². The van der Waals surface area contributed by atoms with Crippen molar-refractivity contribution >= 4 is 0 Å². The second kappa shape index (κ2) is 23.9. The van der Waals surface area contributed by atoms with Gasteiger partial charge in [0.15, 0.2) is 0 Å². The summed E-state index contributed by atoms with van der Waals surface area (Å²) in [6.45, 7) is 16.6. The molecule has 2 rings (SSSR count). The lowest BCUT2D eigenvalue weighted by atomic mass is 10.4. The SMILES string of the molecule is C1COCCN(CCOCCOCCOCCN2CCOCCOCCOCC2)CCOCCO1. The second-order valence-electron chi connectivity index (χ2n) is 8.19.